The third kappa shape index (κ3) is 4.45. The minimum atomic E-state index is -0.314. The monoisotopic (exact) mass is 471 g/mol. The topological polar surface area (TPSA) is 38.1 Å². The molecule has 0 saturated heterocycles. The fourth-order valence-electron chi connectivity index (χ4n) is 3.94. The summed E-state index contributed by atoms with van der Waals surface area (Å²) in [5.74, 6) is 1.80. The van der Waals surface area contributed by atoms with Crippen LogP contribution >= 0.6 is 23.7 Å². The van der Waals surface area contributed by atoms with Crippen molar-refractivity contribution in [1.29, 1.82) is 0 Å². The number of carbonyl (C=O) groups excluding carboxylic acids is 1. The van der Waals surface area contributed by atoms with Gasteiger partial charge in [-0.1, -0.05) is 97.5 Å². The molecule has 0 N–H and O–H groups in total. The molecule has 4 aromatic rings. The fraction of sp³-hybridized carbons (Fsp3) is 0.185. The molecule has 1 aliphatic heterocycles. The third-order valence-electron chi connectivity index (χ3n) is 5.49. The molecule has 33 heavy (non-hydrogen) atoms. The molecule has 3 aromatic carbocycles. The van der Waals surface area contributed by atoms with Gasteiger partial charge in [-0.3, -0.25) is 13.7 Å². The number of para-hydroxylation sites is 1. The average Bonchev–Trinajstić information content (AvgIpc) is 3.26. The number of Topliss-reactive ketones (excluding diaryl/α,β-unsaturated/α-hetero) is 1. The Morgan fingerprint density at radius 3 is 2.21 bits per heavy atom. The summed E-state index contributed by atoms with van der Waals surface area (Å²) in [7, 11) is 0. The van der Waals surface area contributed by atoms with E-state index in [1.54, 1.807) is 23.7 Å². The SMILES string of the molecule is CCCSc1nc2c(n1-c1ccccc1)C(=O)C(c1ccccc1)SN2Cc1ccccc1. The number of carbonyl (C=O) groups is 1. The molecule has 1 atom stereocenters. The number of aromatic nitrogens is 2. The first-order valence-electron chi connectivity index (χ1n) is 11.1. The molecule has 166 valence electrons. The smallest absolute Gasteiger partial charge is 0.202 e. The van der Waals surface area contributed by atoms with Gasteiger partial charge in [0.1, 0.15) is 10.9 Å². The highest BCUT2D eigenvalue weighted by molar-refractivity contribution is 8.01. The summed E-state index contributed by atoms with van der Waals surface area (Å²) in [5.41, 5.74) is 3.84. The molecular formula is C27H25N3OS2. The summed E-state index contributed by atoms with van der Waals surface area (Å²) >= 11 is 3.28. The van der Waals surface area contributed by atoms with E-state index < -0.39 is 0 Å². The van der Waals surface area contributed by atoms with Gasteiger partial charge in [0, 0.05) is 11.4 Å². The zero-order valence-corrected chi connectivity index (χ0v) is 20.1. The molecule has 0 radical (unpaired) electrons. The minimum Gasteiger partial charge on any atom is -0.293 e. The van der Waals surface area contributed by atoms with Crippen molar-refractivity contribution in [2.24, 2.45) is 0 Å². The van der Waals surface area contributed by atoms with Crippen molar-refractivity contribution < 1.29 is 4.79 Å². The first-order valence-corrected chi connectivity index (χ1v) is 13.0. The zero-order valence-electron chi connectivity index (χ0n) is 18.4. The van der Waals surface area contributed by atoms with E-state index in [4.69, 9.17) is 4.98 Å². The van der Waals surface area contributed by atoms with Crippen LogP contribution in [-0.2, 0) is 6.54 Å². The fourth-order valence-corrected chi connectivity index (χ4v) is 6.00. The number of anilines is 1. The minimum absolute atomic E-state index is 0.102. The normalized spacial score (nSPS) is 15.5. The van der Waals surface area contributed by atoms with E-state index in [-0.39, 0.29) is 11.0 Å². The van der Waals surface area contributed by atoms with Crippen LogP contribution in [0, 0.1) is 0 Å². The van der Waals surface area contributed by atoms with Crippen molar-refractivity contribution >= 4 is 35.3 Å². The first-order chi connectivity index (χ1) is 16.3. The lowest BCUT2D eigenvalue weighted by molar-refractivity contribution is 0.0981. The lowest BCUT2D eigenvalue weighted by Gasteiger charge is -2.31. The van der Waals surface area contributed by atoms with Crippen LogP contribution in [0.4, 0.5) is 5.82 Å². The molecule has 1 unspecified atom stereocenters. The van der Waals surface area contributed by atoms with E-state index in [2.05, 4.69) is 40.1 Å². The Labute approximate surface area is 203 Å². The van der Waals surface area contributed by atoms with Crippen molar-refractivity contribution in [3.63, 3.8) is 0 Å². The van der Waals surface area contributed by atoms with Crippen LogP contribution in [0.1, 0.15) is 40.2 Å². The second kappa shape index (κ2) is 9.89. The molecule has 2 heterocycles. The van der Waals surface area contributed by atoms with E-state index >= 15 is 0 Å². The largest absolute Gasteiger partial charge is 0.293 e. The summed E-state index contributed by atoms with van der Waals surface area (Å²) < 4.78 is 4.25. The average molecular weight is 472 g/mol. The molecule has 4 nitrogen and oxygen atoms in total. The van der Waals surface area contributed by atoms with Crippen LogP contribution < -0.4 is 4.31 Å². The molecule has 1 aromatic heterocycles. The van der Waals surface area contributed by atoms with Gasteiger partial charge >= 0.3 is 0 Å². The van der Waals surface area contributed by atoms with Gasteiger partial charge in [-0.25, -0.2) is 4.98 Å². The number of nitrogens with zero attached hydrogens (tertiary/aromatic N) is 3. The Kier molecular flexibility index (Phi) is 6.55. The van der Waals surface area contributed by atoms with Crippen LogP contribution in [0.3, 0.4) is 0 Å². The number of hydrogen-bond donors (Lipinski definition) is 0. The molecule has 0 aliphatic carbocycles. The second-order valence-electron chi connectivity index (χ2n) is 7.87. The maximum atomic E-state index is 14.0. The predicted molar refractivity (Wildman–Crippen MR) is 138 cm³/mol. The molecule has 0 amide bonds. The Bertz CT molecular complexity index is 1230. The molecule has 1 aliphatic rings. The van der Waals surface area contributed by atoms with Gasteiger partial charge in [0.2, 0.25) is 5.78 Å². The van der Waals surface area contributed by atoms with Gasteiger partial charge in [-0.2, -0.15) is 0 Å². The standard InChI is InChI=1S/C27H25N3OS2/c1-2-18-32-27-28-26-23(30(27)22-16-10-5-11-17-22)24(31)25(21-14-8-4-9-15-21)33-29(26)19-20-12-6-3-7-13-20/h3-17,25H,2,18-19H2,1H3. The van der Waals surface area contributed by atoms with Crippen molar-refractivity contribution in [1.82, 2.24) is 9.55 Å². The van der Waals surface area contributed by atoms with E-state index in [0.717, 1.165) is 34.4 Å². The maximum Gasteiger partial charge on any atom is 0.202 e. The summed E-state index contributed by atoms with van der Waals surface area (Å²) in [6.45, 7) is 2.84. The lowest BCUT2D eigenvalue weighted by atomic mass is 10.1. The van der Waals surface area contributed by atoms with Crippen molar-refractivity contribution in [2.75, 3.05) is 10.1 Å². The van der Waals surface area contributed by atoms with E-state index in [1.807, 2.05) is 66.7 Å². The van der Waals surface area contributed by atoms with Crippen molar-refractivity contribution in [2.45, 2.75) is 30.3 Å². The highest BCUT2D eigenvalue weighted by Crippen LogP contribution is 2.47. The zero-order chi connectivity index (χ0) is 22.6. The Balaban J connectivity index is 1.67. The third-order valence-corrected chi connectivity index (χ3v) is 7.89. The van der Waals surface area contributed by atoms with Gasteiger partial charge in [0.15, 0.2) is 11.0 Å². The summed E-state index contributed by atoms with van der Waals surface area (Å²) in [6, 6.07) is 30.5. The maximum absolute atomic E-state index is 14.0. The van der Waals surface area contributed by atoms with Crippen LogP contribution in [0.25, 0.3) is 5.69 Å². The van der Waals surface area contributed by atoms with Gasteiger partial charge in [0.05, 0.1) is 6.54 Å². The van der Waals surface area contributed by atoms with E-state index in [1.165, 1.54) is 5.56 Å². The number of imidazole rings is 1. The Hall–Kier alpha value is -2.96. The number of fused-ring (bicyclic) bond motifs is 1. The van der Waals surface area contributed by atoms with Gasteiger partial charge in [-0.15, -0.1) is 0 Å². The number of benzene rings is 3. The van der Waals surface area contributed by atoms with Crippen molar-refractivity contribution in [3.8, 4) is 5.69 Å². The van der Waals surface area contributed by atoms with Crippen LogP contribution in [-0.4, -0.2) is 21.1 Å². The number of hydrogen-bond acceptors (Lipinski definition) is 5. The molecule has 0 fully saturated rings. The van der Waals surface area contributed by atoms with Gasteiger partial charge in [0.25, 0.3) is 0 Å². The first kappa shape index (κ1) is 21.9. The molecule has 0 bridgehead atoms. The van der Waals surface area contributed by atoms with Crippen LogP contribution in [0.2, 0.25) is 0 Å². The van der Waals surface area contributed by atoms with Crippen LogP contribution in [0.15, 0.2) is 96.2 Å². The quantitative estimate of drug-likeness (QED) is 0.215. The van der Waals surface area contributed by atoms with E-state index in [9.17, 15) is 4.79 Å². The van der Waals surface area contributed by atoms with Crippen LogP contribution in [0.5, 0.6) is 0 Å². The van der Waals surface area contributed by atoms with E-state index in [0.29, 0.717) is 12.2 Å². The summed E-state index contributed by atoms with van der Waals surface area (Å²) in [6.07, 6.45) is 1.04. The summed E-state index contributed by atoms with van der Waals surface area (Å²) in [5, 5.41) is 0.555. The summed E-state index contributed by atoms with van der Waals surface area (Å²) in [4.78, 5) is 19.0. The molecular weight excluding hydrogens is 446 g/mol. The predicted octanol–water partition coefficient (Wildman–Crippen LogP) is 6.97. The number of ketones is 1. The second-order valence-corrected chi connectivity index (χ2v) is 10.1. The highest BCUT2D eigenvalue weighted by Gasteiger charge is 2.39. The number of thioether (sulfide) groups is 1. The Morgan fingerprint density at radius 2 is 1.55 bits per heavy atom. The highest BCUT2D eigenvalue weighted by atomic mass is 32.2. The lowest BCUT2D eigenvalue weighted by Crippen LogP contribution is -2.29. The van der Waals surface area contributed by atoms with Gasteiger partial charge in [-0.05, 0) is 41.6 Å². The van der Waals surface area contributed by atoms with Gasteiger partial charge < -0.3 is 0 Å². The molecule has 6 heteroatoms. The number of rotatable bonds is 7. The molecule has 0 saturated carbocycles. The molecule has 0 spiro atoms. The Morgan fingerprint density at radius 1 is 0.909 bits per heavy atom. The molecule has 5 rings (SSSR count). The van der Waals surface area contributed by atoms with Crippen molar-refractivity contribution in [3.05, 3.63) is 108 Å².